The van der Waals surface area contributed by atoms with Crippen molar-refractivity contribution in [2.75, 3.05) is 0 Å². The van der Waals surface area contributed by atoms with Crippen molar-refractivity contribution in [3.05, 3.63) is 305 Å². The Balaban J connectivity index is 0.995. The second-order valence-electron chi connectivity index (χ2n) is 16.7. The Hall–Kier alpha value is -8.53. The van der Waals surface area contributed by atoms with Crippen LogP contribution >= 0.6 is 0 Å². The zero-order valence-electron chi connectivity index (χ0n) is 36.4. The highest BCUT2D eigenvalue weighted by Gasteiger charge is 2.33. The first-order valence-corrected chi connectivity index (χ1v) is 22.7. The number of benzene rings is 9. The molecule has 9 aromatic rings. The molecule has 0 aromatic heterocycles. The van der Waals surface area contributed by atoms with Crippen molar-refractivity contribution in [2.24, 2.45) is 4.99 Å². The fourth-order valence-electron chi connectivity index (χ4n) is 9.43. The van der Waals surface area contributed by atoms with Gasteiger partial charge in [0.2, 0.25) is 0 Å². The van der Waals surface area contributed by atoms with Gasteiger partial charge in [0, 0.05) is 16.8 Å². The van der Waals surface area contributed by atoms with E-state index < -0.39 is 0 Å². The number of rotatable bonds is 10. The molecule has 2 aliphatic rings. The van der Waals surface area contributed by atoms with Crippen LogP contribution in [0.2, 0.25) is 0 Å². The Morgan fingerprint density at radius 1 is 0.303 bits per heavy atom. The number of allylic oxidation sites excluding steroid dienone is 3. The Morgan fingerprint density at radius 3 is 1.33 bits per heavy atom. The molecule has 2 aliphatic heterocycles. The van der Waals surface area contributed by atoms with Crippen molar-refractivity contribution in [1.82, 2.24) is 10.6 Å². The summed E-state index contributed by atoms with van der Waals surface area (Å²) in [6.45, 7) is 0. The standard InChI is InChI=1S/C63H47N3/c1-7-21-46(22-8-1)54-33-19-20-34-55(54)57-43-56(47-23-9-2-10-24-47)64-63(65-57)53-41-37-45(38-42-53)44-35-39-50(40-36-44)58-59(48-25-11-3-12-26-48)61(51-29-15-5-16-30-51)66-62(52-31-17-6-18-32-52)60(58)49-27-13-4-14-28-49/h1-43,61,63-64,66H. The number of hydrogen-bond donors (Lipinski definition) is 2. The van der Waals surface area contributed by atoms with Gasteiger partial charge in [-0.05, 0) is 78.4 Å². The van der Waals surface area contributed by atoms with E-state index in [-0.39, 0.29) is 12.2 Å². The molecular weight excluding hydrogens is 799 g/mol. The number of hydrogen-bond acceptors (Lipinski definition) is 3. The van der Waals surface area contributed by atoms with Gasteiger partial charge in [0.05, 0.1) is 17.5 Å². The van der Waals surface area contributed by atoms with Crippen LogP contribution in [0.5, 0.6) is 0 Å². The van der Waals surface area contributed by atoms with Crippen molar-refractivity contribution in [3.63, 3.8) is 0 Å². The first kappa shape index (κ1) is 40.3. The molecule has 11 rings (SSSR count). The quantitative estimate of drug-likeness (QED) is 0.144. The van der Waals surface area contributed by atoms with E-state index in [0.717, 1.165) is 67.2 Å². The summed E-state index contributed by atoms with van der Waals surface area (Å²) in [7, 11) is 0. The molecule has 9 aromatic carbocycles. The third-order valence-electron chi connectivity index (χ3n) is 12.6. The van der Waals surface area contributed by atoms with Crippen molar-refractivity contribution >= 4 is 33.8 Å². The average molecular weight is 846 g/mol. The summed E-state index contributed by atoms with van der Waals surface area (Å²) in [5.41, 5.74) is 20.6. The van der Waals surface area contributed by atoms with Crippen LogP contribution in [0.4, 0.5) is 0 Å². The van der Waals surface area contributed by atoms with Gasteiger partial charge in [-0.3, -0.25) is 4.99 Å². The van der Waals surface area contributed by atoms with Gasteiger partial charge in [-0.15, -0.1) is 0 Å². The van der Waals surface area contributed by atoms with E-state index >= 15 is 0 Å². The lowest BCUT2D eigenvalue weighted by atomic mass is 9.77. The average Bonchev–Trinajstić information content (AvgIpc) is 3.41. The second kappa shape index (κ2) is 18.3. The second-order valence-corrected chi connectivity index (χ2v) is 16.7. The number of aliphatic imine (C=N–C) groups is 1. The van der Waals surface area contributed by atoms with E-state index in [0.29, 0.717) is 0 Å². The van der Waals surface area contributed by atoms with Gasteiger partial charge in [0.1, 0.15) is 6.17 Å². The van der Waals surface area contributed by atoms with E-state index in [4.69, 9.17) is 4.99 Å². The molecular formula is C63H47N3. The van der Waals surface area contributed by atoms with Gasteiger partial charge in [0.25, 0.3) is 0 Å². The van der Waals surface area contributed by atoms with Gasteiger partial charge < -0.3 is 10.6 Å². The molecule has 0 spiro atoms. The van der Waals surface area contributed by atoms with Crippen LogP contribution < -0.4 is 10.6 Å². The predicted octanol–water partition coefficient (Wildman–Crippen LogP) is 15.0. The monoisotopic (exact) mass is 845 g/mol. The zero-order valence-corrected chi connectivity index (χ0v) is 36.4. The van der Waals surface area contributed by atoms with Crippen molar-refractivity contribution in [3.8, 4) is 22.3 Å². The molecule has 0 saturated carbocycles. The Morgan fingerprint density at radius 2 is 0.742 bits per heavy atom. The maximum absolute atomic E-state index is 5.38. The summed E-state index contributed by atoms with van der Waals surface area (Å²) < 4.78 is 0. The molecule has 0 amide bonds. The molecule has 2 heterocycles. The van der Waals surface area contributed by atoms with Crippen molar-refractivity contribution in [2.45, 2.75) is 12.2 Å². The third kappa shape index (κ3) is 8.11. The van der Waals surface area contributed by atoms with Gasteiger partial charge in [-0.1, -0.05) is 255 Å². The lowest BCUT2D eigenvalue weighted by molar-refractivity contribution is 0.664. The summed E-state index contributed by atoms with van der Waals surface area (Å²) in [6, 6.07) is 90.9. The van der Waals surface area contributed by atoms with Gasteiger partial charge in [0.15, 0.2) is 0 Å². The van der Waals surface area contributed by atoms with Crippen molar-refractivity contribution < 1.29 is 0 Å². The smallest absolute Gasteiger partial charge is 0.145 e. The molecule has 3 heteroatoms. The van der Waals surface area contributed by atoms with Crippen LogP contribution in [0.15, 0.2) is 266 Å². The summed E-state index contributed by atoms with van der Waals surface area (Å²) in [5, 5.41) is 7.86. The summed E-state index contributed by atoms with van der Waals surface area (Å²) in [6.07, 6.45) is 1.91. The minimum atomic E-state index is -0.275. The maximum Gasteiger partial charge on any atom is 0.145 e. The molecule has 2 N–H and O–H groups in total. The summed E-state index contributed by atoms with van der Waals surface area (Å²) >= 11 is 0. The van der Waals surface area contributed by atoms with Crippen LogP contribution in [-0.2, 0) is 0 Å². The SMILES string of the molecule is C1=C(c2ccccc2)NC(c2ccc(-c3ccc(C4=C(c5ccccc5)C(c5ccccc5)NC(c5ccccc5)=C4c4ccccc4)cc3)cc2)N=C1c1ccccc1-c1ccccc1. The molecule has 2 atom stereocenters. The Labute approximate surface area is 387 Å². The van der Waals surface area contributed by atoms with Crippen LogP contribution in [0, 0.1) is 0 Å². The van der Waals surface area contributed by atoms with Gasteiger partial charge in [-0.2, -0.15) is 0 Å². The highest BCUT2D eigenvalue weighted by Crippen LogP contribution is 2.50. The van der Waals surface area contributed by atoms with Crippen molar-refractivity contribution in [1.29, 1.82) is 0 Å². The molecule has 0 radical (unpaired) electrons. The Bertz CT molecular complexity index is 3230. The Kier molecular flexibility index (Phi) is 11.2. The minimum Gasteiger partial charge on any atom is -0.373 e. The molecule has 0 aliphatic carbocycles. The lowest BCUT2D eigenvalue weighted by Gasteiger charge is -2.36. The van der Waals surface area contributed by atoms with E-state index in [1.807, 2.05) is 0 Å². The molecule has 0 saturated heterocycles. The molecule has 2 unspecified atom stereocenters. The van der Waals surface area contributed by atoms with E-state index in [2.05, 4.69) is 271 Å². The van der Waals surface area contributed by atoms with E-state index in [1.165, 1.54) is 33.4 Å². The molecule has 0 bridgehead atoms. The first-order chi connectivity index (χ1) is 32.7. The first-order valence-electron chi connectivity index (χ1n) is 22.7. The van der Waals surface area contributed by atoms with Crippen LogP contribution in [0.1, 0.15) is 56.7 Å². The summed E-state index contributed by atoms with van der Waals surface area (Å²) in [5.74, 6) is 0. The van der Waals surface area contributed by atoms with E-state index in [9.17, 15) is 0 Å². The van der Waals surface area contributed by atoms with Gasteiger partial charge >= 0.3 is 0 Å². The predicted molar refractivity (Wildman–Crippen MR) is 276 cm³/mol. The molecule has 0 fully saturated rings. The lowest BCUT2D eigenvalue weighted by Crippen LogP contribution is -2.27. The largest absolute Gasteiger partial charge is 0.373 e. The maximum atomic E-state index is 5.38. The number of dihydropyridines is 1. The highest BCUT2D eigenvalue weighted by atomic mass is 15.1. The topological polar surface area (TPSA) is 36.4 Å². The third-order valence-corrected chi connectivity index (χ3v) is 12.6. The molecule has 314 valence electrons. The van der Waals surface area contributed by atoms with E-state index in [1.54, 1.807) is 0 Å². The number of nitrogens with one attached hydrogen (secondary N) is 2. The zero-order chi connectivity index (χ0) is 44.1. The number of nitrogens with zero attached hydrogens (tertiary/aromatic N) is 1. The fraction of sp³-hybridized carbons (Fsp3) is 0.0317. The minimum absolute atomic E-state index is 0.0980. The van der Waals surface area contributed by atoms with Crippen LogP contribution in [-0.4, -0.2) is 5.71 Å². The summed E-state index contributed by atoms with van der Waals surface area (Å²) in [4.78, 5) is 5.38. The van der Waals surface area contributed by atoms with Crippen LogP contribution in [0.3, 0.4) is 0 Å². The molecule has 66 heavy (non-hydrogen) atoms. The van der Waals surface area contributed by atoms with Gasteiger partial charge in [-0.25, -0.2) is 0 Å². The fourth-order valence-corrected chi connectivity index (χ4v) is 9.43. The normalized spacial score (nSPS) is 15.9. The highest BCUT2D eigenvalue weighted by molar-refractivity contribution is 6.24. The van der Waals surface area contributed by atoms with Crippen LogP contribution in [0.25, 0.3) is 50.4 Å². The molecule has 3 nitrogen and oxygen atoms in total.